The first-order valence-corrected chi connectivity index (χ1v) is 10.2. The number of hydrogen-bond acceptors (Lipinski definition) is 2. The lowest BCUT2D eigenvalue weighted by Crippen LogP contribution is -2.28. The van der Waals surface area contributed by atoms with Crippen molar-refractivity contribution in [1.29, 1.82) is 0 Å². The smallest absolute Gasteiger partial charge is 0.246 e. The molecule has 0 fully saturated rings. The molecule has 0 rings (SSSR count). The van der Waals surface area contributed by atoms with E-state index in [0.29, 0.717) is 5.57 Å². The molecule has 0 aliphatic heterocycles. The zero-order chi connectivity index (χ0) is 18.0. The van der Waals surface area contributed by atoms with Gasteiger partial charge in [-0.15, -0.1) is 0 Å². The summed E-state index contributed by atoms with van der Waals surface area (Å²) >= 11 is 0. The number of nitrogens with zero attached hydrogens (tertiary/aromatic N) is 1. The number of amides is 1. The Morgan fingerprint density at radius 2 is 1.29 bits per heavy atom. The van der Waals surface area contributed by atoms with Crippen molar-refractivity contribution in [1.82, 2.24) is 10.2 Å². The van der Waals surface area contributed by atoms with Crippen molar-refractivity contribution < 1.29 is 4.79 Å². The van der Waals surface area contributed by atoms with Crippen molar-refractivity contribution in [3.05, 3.63) is 12.2 Å². The van der Waals surface area contributed by atoms with Gasteiger partial charge in [0.25, 0.3) is 0 Å². The van der Waals surface area contributed by atoms with E-state index in [2.05, 4.69) is 30.8 Å². The minimum Gasteiger partial charge on any atom is -0.352 e. The van der Waals surface area contributed by atoms with Crippen LogP contribution in [0.15, 0.2) is 12.2 Å². The number of nitrogens with one attached hydrogen (secondary N) is 1. The standard InChI is InChI=1S/C21H42N2O/c1-5-6-7-8-9-10-11-12-13-14-15-18-23(4)19-16-17-22-21(24)20(2)3/h2,5-19H2,1,3-4H3,(H,22,24). The molecule has 3 nitrogen and oxygen atoms in total. The van der Waals surface area contributed by atoms with Crippen LogP contribution in [0.4, 0.5) is 0 Å². The topological polar surface area (TPSA) is 32.3 Å². The molecule has 0 heterocycles. The Bertz CT molecular complexity index is 315. The van der Waals surface area contributed by atoms with Gasteiger partial charge in [0.2, 0.25) is 5.91 Å². The Labute approximate surface area is 151 Å². The molecule has 142 valence electrons. The van der Waals surface area contributed by atoms with Crippen molar-refractivity contribution in [2.24, 2.45) is 0 Å². The molecule has 0 aliphatic carbocycles. The largest absolute Gasteiger partial charge is 0.352 e. The summed E-state index contributed by atoms with van der Waals surface area (Å²) in [5.74, 6) is -0.0250. The van der Waals surface area contributed by atoms with E-state index in [1.165, 1.54) is 77.2 Å². The van der Waals surface area contributed by atoms with E-state index in [1.54, 1.807) is 6.92 Å². The van der Waals surface area contributed by atoms with Crippen molar-refractivity contribution >= 4 is 5.91 Å². The van der Waals surface area contributed by atoms with Crippen molar-refractivity contribution in [3.63, 3.8) is 0 Å². The minimum absolute atomic E-state index is 0.0250. The monoisotopic (exact) mass is 338 g/mol. The molecular formula is C21H42N2O. The van der Waals surface area contributed by atoms with E-state index in [9.17, 15) is 4.79 Å². The summed E-state index contributed by atoms with van der Waals surface area (Å²) in [6.45, 7) is 10.6. The van der Waals surface area contributed by atoms with Crippen LogP contribution in [-0.4, -0.2) is 37.5 Å². The van der Waals surface area contributed by atoms with Crippen LogP contribution in [0.2, 0.25) is 0 Å². The fraction of sp³-hybridized carbons (Fsp3) is 0.857. The fourth-order valence-electron chi connectivity index (χ4n) is 2.86. The van der Waals surface area contributed by atoms with E-state index < -0.39 is 0 Å². The van der Waals surface area contributed by atoms with Gasteiger partial charge in [0.1, 0.15) is 0 Å². The predicted octanol–water partition coefficient (Wildman–Crippen LogP) is 5.31. The summed E-state index contributed by atoms with van der Waals surface area (Å²) < 4.78 is 0. The third-order valence-electron chi connectivity index (χ3n) is 4.53. The van der Waals surface area contributed by atoms with Crippen molar-refractivity contribution in [2.75, 3.05) is 26.7 Å². The fourth-order valence-corrected chi connectivity index (χ4v) is 2.86. The van der Waals surface area contributed by atoms with Gasteiger partial charge >= 0.3 is 0 Å². The van der Waals surface area contributed by atoms with Crippen LogP contribution in [0.25, 0.3) is 0 Å². The van der Waals surface area contributed by atoms with Crippen LogP contribution in [0.5, 0.6) is 0 Å². The van der Waals surface area contributed by atoms with Gasteiger partial charge in [0.15, 0.2) is 0 Å². The molecule has 0 saturated heterocycles. The lowest BCUT2D eigenvalue weighted by Gasteiger charge is -2.16. The highest BCUT2D eigenvalue weighted by Crippen LogP contribution is 2.11. The van der Waals surface area contributed by atoms with Crippen molar-refractivity contribution in [3.8, 4) is 0 Å². The quantitative estimate of drug-likeness (QED) is 0.288. The van der Waals surface area contributed by atoms with Crippen molar-refractivity contribution in [2.45, 2.75) is 90.9 Å². The summed E-state index contributed by atoms with van der Waals surface area (Å²) in [7, 11) is 2.18. The van der Waals surface area contributed by atoms with Gasteiger partial charge in [-0.2, -0.15) is 0 Å². The molecule has 0 spiro atoms. The second-order valence-corrected chi connectivity index (χ2v) is 7.23. The molecule has 3 heteroatoms. The van der Waals surface area contributed by atoms with Gasteiger partial charge in [-0.05, 0) is 39.9 Å². The third-order valence-corrected chi connectivity index (χ3v) is 4.53. The second kappa shape index (κ2) is 17.0. The summed E-state index contributed by atoms with van der Waals surface area (Å²) in [5, 5.41) is 2.88. The number of rotatable bonds is 17. The van der Waals surface area contributed by atoms with Crippen LogP contribution in [0, 0.1) is 0 Å². The molecule has 0 unspecified atom stereocenters. The number of carbonyl (C=O) groups is 1. The summed E-state index contributed by atoms with van der Waals surface area (Å²) in [6.07, 6.45) is 16.4. The van der Waals surface area contributed by atoms with E-state index in [1.807, 2.05) is 0 Å². The van der Waals surface area contributed by atoms with E-state index in [-0.39, 0.29) is 5.91 Å². The molecule has 24 heavy (non-hydrogen) atoms. The highest BCUT2D eigenvalue weighted by molar-refractivity contribution is 5.91. The predicted molar refractivity (Wildman–Crippen MR) is 106 cm³/mol. The lowest BCUT2D eigenvalue weighted by atomic mass is 10.1. The average molecular weight is 339 g/mol. The van der Waals surface area contributed by atoms with Gasteiger partial charge in [0.05, 0.1) is 0 Å². The van der Waals surface area contributed by atoms with Crippen LogP contribution in [0.3, 0.4) is 0 Å². The molecule has 0 aromatic rings. The molecule has 0 aromatic heterocycles. The van der Waals surface area contributed by atoms with E-state index in [4.69, 9.17) is 0 Å². The zero-order valence-corrected chi connectivity index (χ0v) is 16.7. The molecule has 0 atom stereocenters. The van der Waals surface area contributed by atoms with Crippen LogP contribution in [0.1, 0.15) is 90.9 Å². The van der Waals surface area contributed by atoms with E-state index >= 15 is 0 Å². The van der Waals surface area contributed by atoms with Gasteiger partial charge in [-0.25, -0.2) is 0 Å². The maximum absolute atomic E-state index is 11.3. The molecule has 0 saturated carbocycles. The molecule has 0 radical (unpaired) electrons. The van der Waals surface area contributed by atoms with Crippen LogP contribution < -0.4 is 5.32 Å². The molecule has 1 amide bonds. The summed E-state index contributed by atoms with van der Waals surface area (Å²) in [4.78, 5) is 13.7. The Hall–Kier alpha value is -0.830. The van der Waals surface area contributed by atoms with E-state index in [0.717, 1.165) is 19.5 Å². The third kappa shape index (κ3) is 16.0. The van der Waals surface area contributed by atoms with Gasteiger partial charge in [0, 0.05) is 12.1 Å². The first kappa shape index (κ1) is 23.2. The van der Waals surface area contributed by atoms with Crippen LogP contribution in [-0.2, 0) is 4.79 Å². The van der Waals surface area contributed by atoms with Gasteiger partial charge in [-0.3, -0.25) is 4.79 Å². The highest BCUT2D eigenvalue weighted by atomic mass is 16.1. The zero-order valence-electron chi connectivity index (χ0n) is 16.7. The summed E-state index contributed by atoms with van der Waals surface area (Å²) in [6, 6.07) is 0. The number of hydrogen-bond donors (Lipinski definition) is 1. The number of carbonyl (C=O) groups excluding carboxylic acids is 1. The Kier molecular flexibility index (Phi) is 16.4. The van der Waals surface area contributed by atoms with Gasteiger partial charge in [-0.1, -0.05) is 77.7 Å². The molecule has 0 aliphatic rings. The Morgan fingerprint density at radius 3 is 1.79 bits per heavy atom. The first-order chi connectivity index (χ1) is 11.6. The molecular weight excluding hydrogens is 296 g/mol. The SMILES string of the molecule is C=C(C)C(=O)NCCCN(C)CCCCCCCCCCCCC. The first-order valence-electron chi connectivity index (χ1n) is 10.2. The average Bonchev–Trinajstić information content (AvgIpc) is 2.56. The second-order valence-electron chi connectivity index (χ2n) is 7.23. The van der Waals surface area contributed by atoms with Gasteiger partial charge < -0.3 is 10.2 Å². The number of unbranched alkanes of at least 4 members (excludes halogenated alkanes) is 10. The maximum atomic E-state index is 11.3. The molecule has 1 N–H and O–H groups in total. The molecule has 0 bridgehead atoms. The van der Waals surface area contributed by atoms with Crippen LogP contribution >= 0.6 is 0 Å². The normalized spacial score (nSPS) is 11.0. The Morgan fingerprint density at radius 1 is 0.833 bits per heavy atom. The minimum atomic E-state index is -0.0250. The maximum Gasteiger partial charge on any atom is 0.246 e. The summed E-state index contributed by atoms with van der Waals surface area (Å²) in [5.41, 5.74) is 0.587. The highest BCUT2D eigenvalue weighted by Gasteiger charge is 2.01. The Balaban J connectivity index is 3.24. The lowest BCUT2D eigenvalue weighted by molar-refractivity contribution is -0.117. The molecule has 0 aromatic carbocycles.